The van der Waals surface area contributed by atoms with Gasteiger partial charge in [0.1, 0.15) is 0 Å². The summed E-state index contributed by atoms with van der Waals surface area (Å²) in [6.07, 6.45) is 2.95. The molecule has 0 spiro atoms. The molecular formula is C11H17NO5. The predicted octanol–water partition coefficient (Wildman–Crippen LogP) is 0.175. The molecule has 0 fully saturated rings. The second-order valence-corrected chi connectivity index (χ2v) is 3.08. The van der Waals surface area contributed by atoms with Crippen LogP contribution in [0, 0.1) is 0 Å². The van der Waals surface area contributed by atoms with Crippen molar-refractivity contribution in [3.63, 3.8) is 0 Å². The summed E-state index contributed by atoms with van der Waals surface area (Å²) >= 11 is 0. The van der Waals surface area contributed by atoms with E-state index >= 15 is 0 Å². The average Bonchev–Trinajstić information content (AvgIpc) is 2.34. The highest BCUT2D eigenvalue weighted by molar-refractivity contribution is 5.91. The number of esters is 2. The summed E-state index contributed by atoms with van der Waals surface area (Å²) in [5, 5.41) is 2.64. The van der Waals surface area contributed by atoms with Gasteiger partial charge < -0.3 is 14.8 Å². The molecule has 0 bridgehead atoms. The number of rotatable bonds is 7. The van der Waals surface area contributed by atoms with Gasteiger partial charge in [-0.2, -0.15) is 0 Å². The van der Waals surface area contributed by atoms with Crippen LogP contribution < -0.4 is 5.32 Å². The summed E-state index contributed by atoms with van der Waals surface area (Å²) in [4.78, 5) is 32.5. The number of methoxy groups -OCH3 is 1. The maximum absolute atomic E-state index is 11.0. The van der Waals surface area contributed by atoms with E-state index in [1.165, 1.54) is 7.11 Å². The molecule has 0 saturated heterocycles. The van der Waals surface area contributed by atoms with Gasteiger partial charge in [0.25, 0.3) is 0 Å². The first-order valence-electron chi connectivity index (χ1n) is 5.29. The van der Waals surface area contributed by atoms with E-state index in [9.17, 15) is 14.4 Å². The highest BCUT2D eigenvalue weighted by Crippen LogP contribution is 1.87. The Hall–Kier alpha value is -1.85. The largest absolute Gasteiger partial charge is 0.466 e. The Balaban J connectivity index is 3.55. The molecule has 0 radical (unpaired) electrons. The van der Waals surface area contributed by atoms with Crippen molar-refractivity contribution in [1.82, 2.24) is 5.32 Å². The molecule has 0 aromatic heterocycles. The van der Waals surface area contributed by atoms with Crippen LogP contribution in [0.3, 0.4) is 0 Å². The summed E-state index contributed by atoms with van der Waals surface area (Å²) in [5.74, 6) is -1.27. The van der Waals surface area contributed by atoms with Gasteiger partial charge >= 0.3 is 11.9 Å². The Morgan fingerprint density at radius 2 is 1.82 bits per heavy atom. The van der Waals surface area contributed by atoms with Gasteiger partial charge in [-0.1, -0.05) is 6.92 Å². The first-order chi connectivity index (χ1) is 8.10. The molecule has 6 nitrogen and oxygen atoms in total. The van der Waals surface area contributed by atoms with Crippen molar-refractivity contribution in [2.24, 2.45) is 0 Å². The average molecular weight is 243 g/mol. The Morgan fingerprint density at radius 1 is 1.18 bits per heavy atom. The van der Waals surface area contributed by atoms with Gasteiger partial charge in [0, 0.05) is 25.1 Å². The van der Waals surface area contributed by atoms with Crippen LogP contribution in [-0.2, 0) is 23.9 Å². The third-order valence-corrected chi connectivity index (χ3v) is 1.77. The summed E-state index contributed by atoms with van der Waals surface area (Å²) in [5.41, 5.74) is 0. The lowest BCUT2D eigenvalue weighted by molar-refractivity contribution is -0.139. The van der Waals surface area contributed by atoms with Crippen molar-refractivity contribution in [2.75, 3.05) is 20.3 Å². The Morgan fingerprint density at radius 3 is 2.41 bits per heavy atom. The Labute approximate surface area is 100.0 Å². The fraction of sp³-hybridized carbons (Fsp3) is 0.545. The smallest absolute Gasteiger partial charge is 0.331 e. The summed E-state index contributed by atoms with van der Waals surface area (Å²) < 4.78 is 9.07. The van der Waals surface area contributed by atoms with Crippen LogP contribution in [0.4, 0.5) is 0 Å². The molecular weight excluding hydrogens is 226 g/mol. The topological polar surface area (TPSA) is 81.7 Å². The first kappa shape index (κ1) is 15.2. The lowest BCUT2D eigenvalue weighted by Crippen LogP contribution is -2.24. The number of amides is 1. The molecule has 0 aliphatic carbocycles. The first-order valence-corrected chi connectivity index (χ1v) is 5.29. The molecule has 6 heteroatoms. The van der Waals surface area contributed by atoms with Crippen LogP contribution in [0.1, 0.15) is 19.8 Å². The maximum Gasteiger partial charge on any atom is 0.331 e. The minimum absolute atomic E-state index is 0.0399. The molecule has 0 atom stereocenters. The van der Waals surface area contributed by atoms with E-state index in [1.807, 2.05) is 0 Å². The molecule has 1 N–H and O–H groups in total. The number of nitrogens with one attached hydrogen (secondary N) is 1. The van der Waals surface area contributed by atoms with Gasteiger partial charge in [0.05, 0.1) is 13.7 Å². The van der Waals surface area contributed by atoms with Crippen molar-refractivity contribution >= 4 is 17.8 Å². The molecule has 0 aromatic carbocycles. The Bertz CT molecular complexity index is 298. The van der Waals surface area contributed by atoms with Crippen molar-refractivity contribution in [1.29, 1.82) is 0 Å². The lowest BCUT2D eigenvalue weighted by Gasteiger charge is -2.03. The number of carbonyl (C=O) groups excluding carboxylic acids is 3. The fourth-order valence-corrected chi connectivity index (χ4v) is 0.850. The van der Waals surface area contributed by atoms with E-state index in [-0.39, 0.29) is 12.5 Å². The predicted molar refractivity (Wildman–Crippen MR) is 60.0 cm³/mol. The highest BCUT2D eigenvalue weighted by atomic mass is 16.5. The zero-order valence-electron chi connectivity index (χ0n) is 10.0. The minimum Gasteiger partial charge on any atom is -0.466 e. The van der Waals surface area contributed by atoms with Crippen LogP contribution in [0.15, 0.2) is 12.2 Å². The number of carbonyl (C=O) groups is 3. The molecule has 1 amide bonds. The van der Waals surface area contributed by atoms with Crippen LogP contribution in [0.25, 0.3) is 0 Å². The molecule has 0 heterocycles. The number of ether oxygens (including phenoxy) is 2. The van der Waals surface area contributed by atoms with Crippen molar-refractivity contribution in [3.05, 3.63) is 12.2 Å². The maximum atomic E-state index is 11.0. The second kappa shape index (κ2) is 9.38. The van der Waals surface area contributed by atoms with Gasteiger partial charge in [0.15, 0.2) is 0 Å². The van der Waals surface area contributed by atoms with Gasteiger partial charge in [-0.25, -0.2) is 9.59 Å². The van der Waals surface area contributed by atoms with Crippen LogP contribution >= 0.6 is 0 Å². The minimum atomic E-state index is -0.614. The Kier molecular flexibility index (Phi) is 8.36. The molecule has 0 rings (SSSR count). The zero-order valence-corrected chi connectivity index (χ0v) is 10.0. The van der Waals surface area contributed by atoms with Gasteiger partial charge in [0.2, 0.25) is 5.91 Å². The standard InChI is InChI=1S/C11H17NO5/c1-3-9(13)12-7-4-8-17-11(15)6-5-10(14)16-2/h5-6H,3-4,7-8H2,1-2H3,(H,12,13)/b6-5+. The van der Waals surface area contributed by atoms with Gasteiger partial charge in [-0.05, 0) is 6.42 Å². The van der Waals surface area contributed by atoms with E-state index < -0.39 is 11.9 Å². The summed E-state index contributed by atoms with van der Waals surface area (Å²) in [6, 6.07) is 0. The molecule has 0 saturated carbocycles. The van der Waals surface area contributed by atoms with E-state index in [0.717, 1.165) is 12.2 Å². The SMILES string of the molecule is CCC(=O)NCCCOC(=O)/C=C/C(=O)OC. The monoisotopic (exact) mass is 243 g/mol. The molecule has 96 valence electrons. The van der Waals surface area contributed by atoms with E-state index in [0.29, 0.717) is 19.4 Å². The lowest BCUT2D eigenvalue weighted by atomic mass is 10.4. The van der Waals surface area contributed by atoms with Crippen LogP contribution in [0.2, 0.25) is 0 Å². The molecule has 0 unspecified atom stereocenters. The zero-order chi connectivity index (χ0) is 13.1. The van der Waals surface area contributed by atoms with Gasteiger partial charge in [-0.15, -0.1) is 0 Å². The van der Waals surface area contributed by atoms with Crippen molar-refractivity contribution in [3.8, 4) is 0 Å². The molecule has 0 aliphatic rings. The van der Waals surface area contributed by atoms with Crippen molar-refractivity contribution in [2.45, 2.75) is 19.8 Å². The molecule has 0 aromatic rings. The fourth-order valence-electron chi connectivity index (χ4n) is 0.850. The quantitative estimate of drug-likeness (QED) is 0.392. The van der Waals surface area contributed by atoms with E-state index in [4.69, 9.17) is 4.74 Å². The summed E-state index contributed by atoms with van der Waals surface area (Å²) in [6.45, 7) is 2.40. The number of hydrogen-bond acceptors (Lipinski definition) is 5. The third kappa shape index (κ3) is 9.10. The number of hydrogen-bond donors (Lipinski definition) is 1. The molecule has 17 heavy (non-hydrogen) atoms. The third-order valence-electron chi connectivity index (χ3n) is 1.77. The van der Waals surface area contributed by atoms with Crippen LogP contribution in [-0.4, -0.2) is 38.1 Å². The normalized spacial score (nSPS) is 10.0. The van der Waals surface area contributed by atoms with Crippen LogP contribution in [0.5, 0.6) is 0 Å². The van der Waals surface area contributed by atoms with Gasteiger partial charge in [-0.3, -0.25) is 4.79 Å². The highest BCUT2D eigenvalue weighted by Gasteiger charge is 2.00. The van der Waals surface area contributed by atoms with Crippen molar-refractivity contribution < 1.29 is 23.9 Å². The van der Waals surface area contributed by atoms with E-state index in [2.05, 4.69) is 10.1 Å². The molecule has 0 aliphatic heterocycles. The second-order valence-electron chi connectivity index (χ2n) is 3.08. The van der Waals surface area contributed by atoms with E-state index in [1.54, 1.807) is 6.92 Å². The summed E-state index contributed by atoms with van der Waals surface area (Å²) in [7, 11) is 1.22.